The number of primary amides is 1. The summed E-state index contributed by atoms with van der Waals surface area (Å²) in [6, 6.07) is 13.3. The van der Waals surface area contributed by atoms with Gasteiger partial charge in [0.05, 0.1) is 13.7 Å². The number of carbonyl (C=O) groups excluding carboxylic acids is 3. The van der Waals surface area contributed by atoms with E-state index in [1.54, 1.807) is 55.6 Å². The fourth-order valence-electron chi connectivity index (χ4n) is 2.57. The lowest BCUT2D eigenvalue weighted by Gasteiger charge is -2.17. The summed E-state index contributed by atoms with van der Waals surface area (Å²) in [4.78, 5) is 36.4. The van der Waals surface area contributed by atoms with Crippen molar-refractivity contribution in [3.8, 4) is 5.75 Å². The first kappa shape index (κ1) is 20.9. The third-order valence-corrected chi connectivity index (χ3v) is 4.15. The van der Waals surface area contributed by atoms with Gasteiger partial charge in [0.15, 0.2) is 13.1 Å². The highest BCUT2D eigenvalue weighted by Crippen LogP contribution is 2.14. The van der Waals surface area contributed by atoms with Crippen molar-refractivity contribution in [2.45, 2.75) is 6.92 Å². The summed E-state index contributed by atoms with van der Waals surface area (Å²) in [6.45, 7) is 2.83. The van der Waals surface area contributed by atoms with Crippen LogP contribution in [0.15, 0.2) is 48.5 Å². The van der Waals surface area contributed by atoms with Crippen molar-refractivity contribution >= 4 is 29.1 Å². The Kier molecular flexibility index (Phi) is 7.53. The maximum atomic E-state index is 12.2. The van der Waals surface area contributed by atoms with E-state index in [0.29, 0.717) is 29.2 Å². The van der Waals surface area contributed by atoms with Crippen molar-refractivity contribution in [1.29, 1.82) is 0 Å². The molecule has 2 rings (SSSR count). The van der Waals surface area contributed by atoms with Gasteiger partial charge in [0.1, 0.15) is 5.75 Å². The topological polar surface area (TPSA) is 115 Å². The van der Waals surface area contributed by atoms with Gasteiger partial charge in [0.2, 0.25) is 5.91 Å². The van der Waals surface area contributed by atoms with E-state index in [1.807, 2.05) is 6.92 Å². The number of hydrogen-bond acceptors (Lipinski definition) is 4. The highest BCUT2D eigenvalue weighted by molar-refractivity contribution is 5.95. The van der Waals surface area contributed by atoms with Crippen molar-refractivity contribution in [1.82, 2.24) is 0 Å². The van der Waals surface area contributed by atoms with E-state index in [1.165, 1.54) is 0 Å². The van der Waals surface area contributed by atoms with E-state index < -0.39 is 5.91 Å². The number of carbonyl (C=O) groups is 3. The van der Waals surface area contributed by atoms with Crippen LogP contribution >= 0.6 is 0 Å². The second-order valence-electron chi connectivity index (χ2n) is 6.22. The lowest BCUT2D eigenvalue weighted by atomic mass is 10.2. The summed E-state index contributed by atoms with van der Waals surface area (Å²) in [5.41, 5.74) is 6.79. The summed E-state index contributed by atoms with van der Waals surface area (Å²) < 4.78 is 5.08. The van der Waals surface area contributed by atoms with Crippen molar-refractivity contribution in [2.75, 3.05) is 37.4 Å². The minimum absolute atomic E-state index is 0.143. The largest absolute Gasteiger partial charge is 0.497 e. The zero-order chi connectivity index (χ0) is 20.5. The third-order valence-electron chi connectivity index (χ3n) is 4.15. The Morgan fingerprint density at radius 1 is 0.893 bits per heavy atom. The quantitative estimate of drug-likeness (QED) is 0.496. The van der Waals surface area contributed by atoms with E-state index in [0.717, 1.165) is 4.90 Å². The average Bonchev–Trinajstić information content (AvgIpc) is 2.68. The molecule has 0 saturated heterocycles. The molecule has 3 amide bonds. The molecule has 2 aromatic rings. The first-order chi connectivity index (χ1) is 13.4. The van der Waals surface area contributed by atoms with Crippen molar-refractivity contribution in [2.24, 2.45) is 5.73 Å². The molecule has 0 spiro atoms. The van der Waals surface area contributed by atoms with Gasteiger partial charge in [-0.2, -0.15) is 0 Å². The minimum atomic E-state index is -0.526. The highest BCUT2D eigenvalue weighted by Gasteiger charge is 2.17. The van der Waals surface area contributed by atoms with E-state index in [4.69, 9.17) is 10.5 Å². The minimum Gasteiger partial charge on any atom is -0.497 e. The molecule has 2 aromatic carbocycles. The molecule has 0 heterocycles. The number of anilines is 2. The van der Waals surface area contributed by atoms with Crippen molar-refractivity contribution in [3.63, 3.8) is 0 Å². The van der Waals surface area contributed by atoms with Crippen molar-refractivity contribution < 1.29 is 24.0 Å². The van der Waals surface area contributed by atoms with Crippen LogP contribution in [0.5, 0.6) is 5.75 Å². The molecule has 0 bridgehead atoms. The Balaban J connectivity index is 1.85. The number of amides is 3. The fourth-order valence-corrected chi connectivity index (χ4v) is 2.57. The number of ether oxygens (including phenoxy) is 1. The molecule has 5 N–H and O–H groups in total. The van der Waals surface area contributed by atoms with Crippen LogP contribution in [0.4, 0.5) is 11.4 Å². The molecule has 1 unspecified atom stereocenters. The molecule has 0 aliphatic rings. The number of nitrogens with one attached hydrogen (secondary N) is 3. The highest BCUT2D eigenvalue weighted by atomic mass is 16.5. The predicted molar refractivity (Wildman–Crippen MR) is 106 cm³/mol. The standard InChI is InChI=1S/C20H24N4O4/c1-3-24(13-19(26)23-16-8-10-17(28-2)11-9-16)12-18(25)22-15-6-4-14(5-7-15)20(21)27/h4-11H,3,12-13H2,1-2H3,(H2,21,27)(H,22,25)(H,23,26)/p+1. The Labute approximate surface area is 163 Å². The SMILES string of the molecule is CC[NH+](CC(=O)Nc1ccc(OC)cc1)CC(=O)Nc1ccc(C(N)=O)cc1. The maximum Gasteiger partial charge on any atom is 0.279 e. The smallest absolute Gasteiger partial charge is 0.279 e. The van der Waals surface area contributed by atoms with E-state index >= 15 is 0 Å². The number of hydrogen-bond donors (Lipinski definition) is 4. The molecule has 0 aromatic heterocycles. The van der Waals surface area contributed by atoms with Gasteiger partial charge < -0.3 is 26.0 Å². The zero-order valence-corrected chi connectivity index (χ0v) is 16.0. The van der Waals surface area contributed by atoms with E-state index in [2.05, 4.69) is 10.6 Å². The Bertz CT molecular complexity index is 819. The second kappa shape index (κ2) is 10.1. The van der Waals surface area contributed by atoms with Gasteiger partial charge in [-0.15, -0.1) is 0 Å². The van der Waals surface area contributed by atoms with Gasteiger partial charge in [0.25, 0.3) is 11.8 Å². The van der Waals surface area contributed by atoms with E-state index in [9.17, 15) is 14.4 Å². The van der Waals surface area contributed by atoms with Gasteiger partial charge >= 0.3 is 0 Å². The lowest BCUT2D eigenvalue weighted by molar-refractivity contribution is -0.881. The van der Waals surface area contributed by atoms with Crippen LogP contribution in [0.1, 0.15) is 17.3 Å². The average molecular weight is 385 g/mol. The number of nitrogens with two attached hydrogens (primary N) is 1. The Morgan fingerprint density at radius 2 is 1.36 bits per heavy atom. The molecule has 0 radical (unpaired) electrons. The molecule has 28 heavy (non-hydrogen) atoms. The maximum absolute atomic E-state index is 12.2. The van der Waals surface area contributed by atoms with Crippen LogP contribution in [0.25, 0.3) is 0 Å². The molecule has 1 atom stereocenters. The molecular formula is C20H25N4O4+. The summed E-state index contributed by atoms with van der Waals surface area (Å²) >= 11 is 0. The summed E-state index contributed by atoms with van der Waals surface area (Å²) in [7, 11) is 1.58. The summed E-state index contributed by atoms with van der Waals surface area (Å²) in [5, 5.41) is 5.56. The molecule has 148 valence electrons. The molecule has 0 fully saturated rings. The van der Waals surface area contributed by atoms with Gasteiger partial charge in [-0.05, 0) is 55.5 Å². The first-order valence-corrected chi connectivity index (χ1v) is 8.88. The summed E-state index contributed by atoms with van der Waals surface area (Å²) in [5.74, 6) is -0.219. The number of benzene rings is 2. The predicted octanol–water partition coefficient (Wildman–Crippen LogP) is 0.276. The van der Waals surface area contributed by atoms with Crippen molar-refractivity contribution in [3.05, 3.63) is 54.1 Å². The number of rotatable bonds is 9. The molecular weight excluding hydrogens is 360 g/mol. The molecule has 0 saturated carbocycles. The van der Waals surface area contributed by atoms with Gasteiger partial charge in [0, 0.05) is 16.9 Å². The van der Waals surface area contributed by atoms with Crippen LogP contribution in [-0.4, -0.2) is 44.5 Å². The number of methoxy groups -OCH3 is 1. The van der Waals surface area contributed by atoms with Gasteiger partial charge in [-0.3, -0.25) is 14.4 Å². The van der Waals surface area contributed by atoms with Crippen LogP contribution in [0, 0.1) is 0 Å². The normalized spacial score (nSPS) is 11.4. The van der Waals surface area contributed by atoms with Gasteiger partial charge in [-0.25, -0.2) is 0 Å². The van der Waals surface area contributed by atoms with Gasteiger partial charge in [-0.1, -0.05) is 0 Å². The fraction of sp³-hybridized carbons (Fsp3) is 0.250. The Hall–Kier alpha value is -3.39. The third kappa shape index (κ3) is 6.40. The number of quaternary nitrogens is 1. The van der Waals surface area contributed by atoms with Crippen LogP contribution < -0.4 is 26.0 Å². The zero-order valence-electron chi connectivity index (χ0n) is 16.0. The second-order valence-corrected chi connectivity index (χ2v) is 6.22. The van der Waals surface area contributed by atoms with Crippen LogP contribution in [0.2, 0.25) is 0 Å². The van der Waals surface area contributed by atoms with E-state index in [-0.39, 0.29) is 24.9 Å². The molecule has 0 aliphatic carbocycles. The molecule has 8 nitrogen and oxygen atoms in total. The Morgan fingerprint density at radius 3 is 1.75 bits per heavy atom. The van der Waals surface area contributed by atoms with Crippen LogP contribution in [-0.2, 0) is 9.59 Å². The summed E-state index contributed by atoms with van der Waals surface area (Å²) in [6.07, 6.45) is 0. The first-order valence-electron chi connectivity index (χ1n) is 8.88. The molecule has 0 aliphatic heterocycles. The number of likely N-dealkylation sites (N-methyl/N-ethyl adjacent to an activating group) is 1. The lowest BCUT2D eigenvalue weighted by Crippen LogP contribution is -3.13. The molecule has 8 heteroatoms. The monoisotopic (exact) mass is 385 g/mol. The van der Waals surface area contributed by atoms with Crippen LogP contribution in [0.3, 0.4) is 0 Å².